The molecule has 2 aromatic rings. The standard InChI is InChI=1S/C19H25NO2/c1-15-9-11-20(12-10-15)13-17(21)14-22-19-8-4-6-16-5-2-3-7-18(16)19/h2-8,15,17,21H,9-14H2,1H3/p+1/t17-/m1/s1. The summed E-state index contributed by atoms with van der Waals surface area (Å²) in [6.45, 7) is 5.82. The summed E-state index contributed by atoms with van der Waals surface area (Å²) in [4.78, 5) is 1.51. The average Bonchev–Trinajstić information content (AvgIpc) is 2.55. The van der Waals surface area contributed by atoms with Crippen LogP contribution in [0.4, 0.5) is 0 Å². The van der Waals surface area contributed by atoms with Gasteiger partial charge < -0.3 is 14.7 Å². The summed E-state index contributed by atoms with van der Waals surface area (Å²) in [6, 6.07) is 14.3. The number of benzene rings is 2. The van der Waals surface area contributed by atoms with Gasteiger partial charge >= 0.3 is 0 Å². The lowest BCUT2D eigenvalue weighted by Gasteiger charge is -2.28. The van der Waals surface area contributed by atoms with Gasteiger partial charge in [0.05, 0.1) is 13.1 Å². The lowest BCUT2D eigenvalue weighted by molar-refractivity contribution is -0.909. The summed E-state index contributed by atoms with van der Waals surface area (Å²) < 4.78 is 5.88. The smallest absolute Gasteiger partial charge is 0.137 e. The van der Waals surface area contributed by atoms with E-state index < -0.39 is 6.10 Å². The molecular weight excluding hydrogens is 274 g/mol. The van der Waals surface area contributed by atoms with E-state index in [9.17, 15) is 5.11 Å². The molecule has 0 aliphatic carbocycles. The molecule has 3 heteroatoms. The molecule has 1 aliphatic rings. The van der Waals surface area contributed by atoms with Crippen molar-refractivity contribution in [3.8, 4) is 5.75 Å². The molecule has 2 N–H and O–H groups in total. The molecule has 1 aliphatic heterocycles. The number of likely N-dealkylation sites (tertiary alicyclic amines) is 1. The number of aliphatic hydroxyl groups excluding tert-OH is 1. The van der Waals surface area contributed by atoms with Gasteiger partial charge in [-0.15, -0.1) is 0 Å². The van der Waals surface area contributed by atoms with Gasteiger partial charge in [0, 0.05) is 5.39 Å². The van der Waals surface area contributed by atoms with Crippen molar-refractivity contribution in [1.29, 1.82) is 0 Å². The summed E-state index contributed by atoms with van der Waals surface area (Å²) in [5.74, 6) is 1.70. The molecule has 0 unspecified atom stereocenters. The van der Waals surface area contributed by atoms with Crippen LogP contribution in [0.1, 0.15) is 19.8 Å². The molecule has 0 spiro atoms. The maximum atomic E-state index is 10.3. The van der Waals surface area contributed by atoms with Gasteiger partial charge in [0.15, 0.2) is 0 Å². The number of quaternary nitrogens is 1. The van der Waals surface area contributed by atoms with E-state index in [1.54, 1.807) is 0 Å². The van der Waals surface area contributed by atoms with E-state index >= 15 is 0 Å². The predicted molar refractivity (Wildman–Crippen MR) is 89.4 cm³/mol. The Bertz CT molecular complexity index is 600. The minimum Gasteiger partial charge on any atom is -0.490 e. The van der Waals surface area contributed by atoms with E-state index in [0.717, 1.165) is 23.6 Å². The van der Waals surface area contributed by atoms with Crippen LogP contribution in [-0.4, -0.2) is 37.5 Å². The highest BCUT2D eigenvalue weighted by molar-refractivity contribution is 5.88. The normalized spacial score (nSPS) is 23.4. The third-order valence-electron chi connectivity index (χ3n) is 4.69. The summed E-state index contributed by atoms with van der Waals surface area (Å²) >= 11 is 0. The average molecular weight is 300 g/mol. The number of aliphatic hydroxyl groups is 1. The molecule has 0 radical (unpaired) electrons. The molecule has 118 valence electrons. The van der Waals surface area contributed by atoms with Crippen LogP contribution in [0, 0.1) is 5.92 Å². The third-order valence-corrected chi connectivity index (χ3v) is 4.69. The van der Waals surface area contributed by atoms with Gasteiger partial charge in [-0.2, -0.15) is 0 Å². The monoisotopic (exact) mass is 300 g/mol. The van der Waals surface area contributed by atoms with Gasteiger partial charge in [0.1, 0.15) is 25.0 Å². The summed E-state index contributed by atoms with van der Waals surface area (Å²) in [7, 11) is 0. The lowest BCUT2D eigenvalue weighted by atomic mass is 9.99. The van der Waals surface area contributed by atoms with Crippen molar-refractivity contribution in [2.75, 3.05) is 26.2 Å². The zero-order chi connectivity index (χ0) is 15.4. The fraction of sp³-hybridized carbons (Fsp3) is 0.474. The van der Waals surface area contributed by atoms with E-state index in [1.165, 1.54) is 36.2 Å². The first-order valence-electron chi connectivity index (χ1n) is 8.34. The number of hydrogen-bond donors (Lipinski definition) is 2. The highest BCUT2D eigenvalue weighted by Crippen LogP contribution is 2.25. The van der Waals surface area contributed by atoms with Gasteiger partial charge in [-0.05, 0) is 30.2 Å². The Labute approximate surface area is 132 Å². The minimum atomic E-state index is -0.401. The number of piperidine rings is 1. The summed E-state index contributed by atoms with van der Waals surface area (Å²) in [6.07, 6.45) is 2.14. The quantitative estimate of drug-likeness (QED) is 0.884. The largest absolute Gasteiger partial charge is 0.490 e. The molecule has 0 aromatic heterocycles. The molecule has 3 rings (SSSR count). The fourth-order valence-electron chi connectivity index (χ4n) is 3.27. The van der Waals surface area contributed by atoms with E-state index in [0.29, 0.717) is 6.61 Å². The Balaban J connectivity index is 1.55. The number of fused-ring (bicyclic) bond motifs is 1. The Morgan fingerprint density at radius 1 is 1.14 bits per heavy atom. The zero-order valence-corrected chi connectivity index (χ0v) is 13.3. The molecule has 0 saturated carbocycles. The SMILES string of the molecule is CC1CC[NH+](C[C@@H](O)COc2cccc3ccccc23)CC1. The molecule has 1 heterocycles. The van der Waals surface area contributed by atoms with Gasteiger partial charge in [0.2, 0.25) is 0 Å². The topological polar surface area (TPSA) is 33.9 Å². The lowest BCUT2D eigenvalue weighted by Crippen LogP contribution is -3.14. The number of hydrogen-bond acceptors (Lipinski definition) is 2. The maximum Gasteiger partial charge on any atom is 0.137 e. The first kappa shape index (κ1) is 15.3. The number of ether oxygens (including phenoxy) is 1. The van der Waals surface area contributed by atoms with E-state index in [2.05, 4.69) is 25.1 Å². The highest BCUT2D eigenvalue weighted by Gasteiger charge is 2.21. The molecule has 3 nitrogen and oxygen atoms in total. The van der Waals surface area contributed by atoms with Crippen molar-refractivity contribution in [1.82, 2.24) is 0 Å². The van der Waals surface area contributed by atoms with Crippen LogP contribution in [0.15, 0.2) is 42.5 Å². The zero-order valence-electron chi connectivity index (χ0n) is 13.3. The van der Waals surface area contributed by atoms with Crippen LogP contribution >= 0.6 is 0 Å². The van der Waals surface area contributed by atoms with E-state index in [4.69, 9.17) is 4.74 Å². The Kier molecular flexibility index (Phi) is 4.96. The molecule has 2 aromatic carbocycles. The molecule has 0 amide bonds. The molecule has 1 atom stereocenters. The van der Waals surface area contributed by atoms with E-state index in [1.807, 2.05) is 24.3 Å². The second kappa shape index (κ2) is 7.12. The highest BCUT2D eigenvalue weighted by atomic mass is 16.5. The van der Waals surface area contributed by atoms with Crippen LogP contribution in [0.25, 0.3) is 10.8 Å². The van der Waals surface area contributed by atoms with Crippen molar-refractivity contribution in [2.24, 2.45) is 5.92 Å². The van der Waals surface area contributed by atoms with Crippen molar-refractivity contribution in [3.63, 3.8) is 0 Å². The van der Waals surface area contributed by atoms with Crippen LogP contribution < -0.4 is 9.64 Å². The van der Waals surface area contributed by atoms with Gasteiger partial charge in [0.25, 0.3) is 0 Å². The maximum absolute atomic E-state index is 10.3. The van der Waals surface area contributed by atoms with Crippen molar-refractivity contribution < 1.29 is 14.7 Å². The Morgan fingerprint density at radius 3 is 2.68 bits per heavy atom. The van der Waals surface area contributed by atoms with Crippen molar-refractivity contribution in [3.05, 3.63) is 42.5 Å². The van der Waals surface area contributed by atoms with Crippen molar-refractivity contribution in [2.45, 2.75) is 25.9 Å². The van der Waals surface area contributed by atoms with Crippen LogP contribution in [0.5, 0.6) is 5.75 Å². The van der Waals surface area contributed by atoms with Gasteiger partial charge in [-0.3, -0.25) is 0 Å². The van der Waals surface area contributed by atoms with E-state index in [-0.39, 0.29) is 0 Å². The summed E-state index contributed by atoms with van der Waals surface area (Å²) in [5, 5.41) is 12.5. The number of rotatable bonds is 5. The molecule has 1 saturated heterocycles. The fourth-order valence-corrected chi connectivity index (χ4v) is 3.27. The molecule has 0 bridgehead atoms. The van der Waals surface area contributed by atoms with Gasteiger partial charge in [-0.1, -0.05) is 43.3 Å². The van der Waals surface area contributed by atoms with Crippen LogP contribution in [0.2, 0.25) is 0 Å². The molecule has 22 heavy (non-hydrogen) atoms. The molecule has 1 fully saturated rings. The summed E-state index contributed by atoms with van der Waals surface area (Å²) in [5.41, 5.74) is 0. The predicted octanol–water partition coefficient (Wildman–Crippen LogP) is 1.89. The van der Waals surface area contributed by atoms with Gasteiger partial charge in [-0.25, -0.2) is 0 Å². The Morgan fingerprint density at radius 2 is 1.86 bits per heavy atom. The number of nitrogens with one attached hydrogen (secondary N) is 1. The molecular formula is C19H26NO2+. The minimum absolute atomic E-state index is 0.368. The van der Waals surface area contributed by atoms with Crippen molar-refractivity contribution >= 4 is 10.8 Å². The van der Waals surface area contributed by atoms with Crippen LogP contribution in [-0.2, 0) is 0 Å². The third kappa shape index (κ3) is 3.79. The Hall–Kier alpha value is -1.58. The second-order valence-electron chi connectivity index (χ2n) is 6.58. The first-order valence-corrected chi connectivity index (χ1v) is 8.34. The first-order chi connectivity index (χ1) is 10.7. The second-order valence-corrected chi connectivity index (χ2v) is 6.58. The van der Waals surface area contributed by atoms with Crippen LogP contribution in [0.3, 0.4) is 0 Å².